The van der Waals surface area contributed by atoms with Crippen molar-refractivity contribution in [3.8, 4) is 0 Å². The van der Waals surface area contributed by atoms with Crippen molar-refractivity contribution in [3.63, 3.8) is 0 Å². The summed E-state index contributed by atoms with van der Waals surface area (Å²) >= 11 is 0. The number of alkyl carbamates (subject to hydrolysis) is 1. The maximum absolute atomic E-state index is 13.6. The minimum atomic E-state index is -0.866. The molecule has 1 heterocycles. The van der Waals surface area contributed by atoms with Crippen molar-refractivity contribution < 1.29 is 18.7 Å². The zero-order chi connectivity index (χ0) is 20.0. The van der Waals surface area contributed by atoms with Gasteiger partial charge in [0, 0.05) is 12.4 Å². The Hall–Kier alpha value is -3.23. The predicted molar refractivity (Wildman–Crippen MR) is 99.2 cm³/mol. The molecule has 2 amide bonds. The summed E-state index contributed by atoms with van der Waals surface area (Å²) in [4.78, 5) is 32.1. The highest BCUT2D eigenvalue weighted by molar-refractivity contribution is 5.99. The Morgan fingerprint density at radius 1 is 1.19 bits per heavy atom. The van der Waals surface area contributed by atoms with E-state index < -0.39 is 29.5 Å². The SMILES string of the molecule is C[C@H](NC(=O)OC(C)(C)C)C(=O)Nc1ccc(F)cc1Nc1cnccn1. The molecular formula is C18H22FN5O3. The quantitative estimate of drug-likeness (QED) is 0.741. The third-order valence-corrected chi connectivity index (χ3v) is 3.19. The number of carbonyl (C=O) groups is 2. The van der Waals surface area contributed by atoms with Crippen LogP contribution in [0.5, 0.6) is 0 Å². The van der Waals surface area contributed by atoms with Gasteiger partial charge in [-0.1, -0.05) is 0 Å². The van der Waals surface area contributed by atoms with Gasteiger partial charge in [-0.15, -0.1) is 0 Å². The number of carbonyl (C=O) groups excluding carboxylic acids is 2. The molecule has 0 spiro atoms. The van der Waals surface area contributed by atoms with E-state index in [-0.39, 0.29) is 0 Å². The minimum Gasteiger partial charge on any atom is -0.444 e. The first-order chi connectivity index (χ1) is 12.6. The highest BCUT2D eigenvalue weighted by Gasteiger charge is 2.21. The Labute approximate surface area is 156 Å². The first-order valence-corrected chi connectivity index (χ1v) is 8.27. The fourth-order valence-electron chi connectivity index (χ4n) is 2.02. The number of hydrogen-bond donors (Lipinski definition) is 3. The highest BCUT2D eigenvalue weighted by Crippen LogP contribution is 2.25. The van der Waals surface area contributed by atoms with Crippen LogP contribution < -0.4 is 16.0 Å². The van der Waals surface area contributed by atoms with Crippen molar-refractivity contribution in [3.05, 3.63) is 42.6 Å². The molecule has 27 heavy (non-hydrogen) atoms. The Kier molecular flexibility index (Phi) is 6.27. The fraction of sp³-hybridized carbons (Fsp3) is 0.333. The molecule has 0 aliphatic carbocycles. The predicted octanol–water partition coefficient (Wildman–Crippen LogP) is 3.21. The minimum absolute atomic E-state index is 0.299. The van der Waals surface area contributed by atoms with Crippen LogP contribution in [0.25, 0.3) is 0 Å². The summed E-state index contributed by atoms with van der Waals surface area (Å²) in [6, 6.07) is 2.97. The topological polar surface area (TPSA) is 105 Å². The highest BCUT2D eigenvalue weighted by atomic mass is 19.1. The molecule has 9 heteroatoms. The molecule has 0 radical (unpaired) electrons. The molecular weight excluding hydrogens is 353 g/mol. The second-order valence-electron chi connectivity index (χ2n) is 6.76. The smallest absolute Gasteiger partial charge is 0.408 e. The van der Waals surface area contributed by atoms with Gasteiger partial charge in [-0.05, 0) is 45.9 Å². The van der Waals surface area contributed by atoms with Crippen molar-refractivity contribution in [1.82, 2.24) is 15.3 Å². The average Bonchev–Trinajstić information content (AvgIpc) is 2.56. The summed E-state index contributed by atoms with van der Waals surface area (Å²) in [5, 5.41) is 7.98. The number of aromatic nitrogens is 2. The van der Waals surface area contributed by atoms with E-state index >= 15 is 0 Å². The van der Waals surface area contributed by atoms with Crippen LogP contribution in [0.4, 0.5) is 26.4 Å². The Morgan fingerprint density at radius 3 is 2.56 bits per heavy atom. The van der Waals surface area contributed by atoms with Gasteiger partial charge in [-0.3, -0.25) is 9.78 Å². The van der Waals surface area contributed by atoms with Crippen molar-refractivity contribution in [2.24, 2.45) is 0 Å². The first-order valence-electron chi connectivity index (χ1n) is 8.27. The van der Waals surface area contributed by atoms with Crippen molar-refractivity contribution in [2.75, 3.05) is 10.6 Å². The number of anilines is 3. The van der Waals surface area contributed by atoms with Gasteiger partial charge in [0.2, 0.25) is 5.91 Å². The lowest BCUT2D eigenvalue weighted by atomic mass is 10.2. The maximum atomic E-state index is 13.6. The van der Waals surface area contributed by atoms with E-state index in [1.54, 1.807) is 20.8 Å². The van der Waals surface area contributed by atoms with Crippen LogP contribution in [-0.2, 0) is 9.53 Å². The average molecular weight is 375 g/mol. The lowest BCUT2D eigenvalue weighted by Gasteiger charge is -2.22. The number of nitrogens with zero attached hydrogens (tertiary/aromatic N) is 2. The van der Waals surface area contributed by atoms with Gasteiger partial charge in [0.25, 0.3) is 0 Å². The van der Waals surface area contributed by atoms with Crippen LogP contribution in [0.15, 0.2) is 36.8 Å². The Morgan fingerprint density at radius 2 is 1.93 bits per heavy atom. The molecule has 8 nitrogen and oxygen atoms in total. The zero-order valence-corrected chi connectivity index (χ0v) is 15.5. The Balaban J connectivity index is 2.07. The lowest BCUT2D eigenvalue weighted by molar-refractivity contribution is -0.117. The third-order valence-electron chi connectivity index (χ3n) is 3.19. The molecule has 2 aromatic rings. The molecule has 0 fully saturated rings. The van der Waals surface area contributed by atoms with Crippen molar-refractivity contribution in [1.29, 1.82) is 0 Å². The molecule has 0 saturated carbocycles. The summed E-state index contributed by atoms with van der Waals surface area (Å²) in [6.45, 7) is 6.68. The van der Waals surface area contributed by atoms with E-state index in [9.17, 15) is 14.0 Å². The van der Waals surface area contributed by atoms with Gasteiger partial charge in [-0.2, -0.15) is 0 Å². The number of ether oxygens (including phenoxy) is 1. The van der Waals surface area contributed by atoms with Crippen LogP contribution in [0.1, 0.15) is 27.7 Å². The largest absolute Gasteiger partial charge is 0.444 e. The van der Waals surface area contributed by atoms with Gasteiger partial charge in [-0.25, -0.2) is 14.2 Å². The molecule has 3 N–H and O–H groups in total. The van der Waals surface area contributed by atoms with E-state index in [4.69, 9.17) is 4.74 Å². The van der Waals surface area contributed by atoms with E-state index in [0.717, 1.165) is 0 Å². The lowest BCUT2D eigenvalue weighted by Crippen LogP contribution is -2.44. The number of amides is 2. The number of rotatable bonds is 5. The van der Waals surface area contributed by atoms with E-state index in [0.29, 0.717) is 17.2 Å². The second kappa shape index (κ2) is 8.43. The van der Waals surface area contributed by atoms with Crippen LogP contribution in [0.2, 0.25) is 0 Å². The molecule has 0 aliphatic rings. The Bertz CT molecular complexity index is 808. The summed E-state index contributed by atoms with van der Waals surface area (Å²) in [7, 11) is 0. The maximum Gasteiger partial charge on any atom is 0.408 e. The number of hydrogen-bond acceptors (Lipinski definition) is 6. The second-order valence-corrected chi connectivity index (χ2v) is 6.76. The van der Waals surface area contributed by atoms with Crippen LogP contribution in [0, 0.1) is 5.82 Å². The monoisotopic (exact) mass is 375 g/mol. The van der Waals surface area contributed by atoms with E-state index in [1.165, 1.54) is 43.7 Å². The van der Waals surface area contributed by atoms with Gasteiger partial charge >= 0.3 is 6.09 Å². The molecule has 0 bridgehead atoms. The molecule has 0 aliphatic heterocycles. The molecule has 1 aromatic heterocycles. The number of halogens is 1. The van der Waals surface area contributed by atoms with Crippen LogP contribution >= 0.6 is 0 Å². The van der Waals surface area contributed by atoms with E-state index in [1.807, 2.05) is 0 Å². The summed E-state index contributed by atoms with van der Waals surface area (Å²) < 4.78 is 18.7. The molecule has 1 atom stereocenters. The van der Waals surface area contributed by atoms with Gasteiger partial charge in [0.05, 0.1) is 17.6 Å². The van der Waals surface area contributed by atoms with Crippen molar-refractivity contribution >= 4 is 29.2 Å². The first kappa shape index (κ1) is 20.1. The summed E-state index contributed by atoms with van der Waals surface area (Å²) in [5.41, 5.74) is -0.0522. The molecule has 2 rings (SSSR count). The van der Waals surface area contributed by atoms with Crippen LogP contribution in [-0.4, -0.2) is 33.6 Å². The third kappa shape index (κ3) is 6.53. The molecule has 0 unspecified atom stereocenters. The summed E-state index contributed by atoms with van der Waals surface area (Å²) in [6.07, 6.45) is 3.74. The van der Waals surface area contributed by atoms with Crippen molar-refractivity contribution in [2.45, 2.75) is 39.3 Å². The fourth-order valence-corrected chi connectivity index (χ4v) is 2.02. The molecule has 1 aromatic carbocycles. The molecule has 0 saturated heterocycles. The number of nitrogens with one attached hydrogen (secondary N) is 3. The van der Waals surface area contributed by atoms with Gasteiger partial charge < -0.3 is 20.7 Å². The zero-order valence-electron chi connectivity index (χ0n) is 15.5. The normalized spacial score (nSPS) is 12.0. The number of benzene rings is 1. The van der Waals surface area contributed by atoms with Crippen LogP contribution in [0.3, 0.4) is 0 Å². The van der Waals surface area contributed by atoms with E-state index in [2.05, 4.69) is 25.9 Å². The standard InChI is InChI=1S/C18H22FN5O3/c1-11(22-17(26)27-18(2,3)4)16(25)24-13-6-5-12(19)9-14(13)23-15-10-20-7-8-21-15/h5-11H,1-4H3,(H,21,23)(H,22,26)(H,24,25)/t11-/m0/s1. The summed E-state index contributed by atoms with van der Waals surface area (Å²) in [5.74, 6) is -0.590. The molecule has 144 valence electrons. The van der Waals surface area contributed by atoms with Gasteiger partial charge in [0.15, 0.2) is 0 Å². The van der Waals surface area contributed by atoms with Gasteiger partial charge in [0.1, 0.15) is 23.3 Å².